The van der Waals surface area contributed by atoms with E-state index in [4.69, 9.17) is 0 Å². The summed E-state index contributed by atoms with van der Waals surface area (Å²) in [6.07, 6.45) is -4.42. The Kier molecular flexibility index (Phi) is 3.81. The van der Waals surface area contributed by atoms with Gasteiger partial charge in [0.15, 0.2) is 5.13 Å². The molecule has 3 aromatic rings. The highest BCUT2D eigenvalue weighted by Crippen LogP contribution is 2.30. The van der Waals surface area contributed by atoms with Crippen LogP contribution in [-0.4, -0.2) is 10.9 Å². The molecule has 2 aromatic carbocycles. The summed E-state index contributed by atoms with van der Waals surface area (Å²) in [4.78, 5) is 16.5. The summed E-state index contributed by atoms with van der Waals surface area (Å²) in [6.45, 7) is 1.92. The first kappa shape index (κ1) is 15.5. The van der Waals surface area contributed by atoms with Gasteiger partial charge in [-0.15, -0.1) is 0 Å². The second kappa shape index (κ2) is 5.66. The average Bonchev–Trinajstić information content (AvgIpc) is 2.90. The van der Waals surface area contributed by atoms with Gasteiger partial charge in [0.1, 0.15) is 0 Å². The van der Waals surface area contributed by atoms with E-state index in [9.17, 15) is 18.0 Å². The van der Waals surface area contributed by atoms with Crippen molar-refractivity contribution >= 4 is 32.6 Å². The lowest BCUT2D eigenvalue weighted by molar-refractivity contribution is -0.137. The number of alkyl halides is 3. The van der Waals surface area contributed by atoms with Crippen molar-refractivity contribution in [3.8, 4) is 0 Å². The number of hydrogen-bond acceptors (Lipinski definition) is 3. The van der Waals surface area contributed by atoms with E-state index >= 15 is 0 Å². The molecular weight excluding hydrogens is 325 g/mol. The third kappa shape index (κ3) is 3.19. The molecule has 0 bridgehead atoms. The molecule has 0 spiro atoms. The number of carbonyl (C=O) groups excluding carboxylic acids is 1. The molecule has 0 aliphatic heterocycles. The van der Waals surface area contributed by atoms with Crippen LogP contribution in [-0.2, 0) is 6.18 Å². The van der Waals surface area contributed by atoms with Crippen LogP contribution in [0.15, 0.2) is 42.5 Å². The highest BCUT2D eigenvalue weighted by molar-refractivity contribution is 7.22. The molecule has 1 amide bonds. The molecular formula is C16H11F3N2OS. The fraction of sp³-hybridized carbons (Fsp3) is 0.125. The van der Waals surface area contributed by atoms with E-state index < -0.39 is 17.6 Å². The number of nitrogens with zero attached hydrogens (tertiary/aromatic N) is 1. The summed E-state index contributed by atoms with van der Waals surface area (Å²) in [5.41, 5.74) is 1.16. The number of aryl methyl sites for hydroxylation is 1. The van der Waals surface area contributed by atoms with Gasteiger partial charge in [0.25, 0.3) is 5.91 Å². The Labute approximate surface area is 133 Å². The number of halogens is 3. The number of rotatable bonds is 2. The lowest BCUT2D eigenvalue weighted by Crippen LogP contribution is -2.12. The molecule has 23 heavy (non-hydrogen) atoms. The van der Waals surface area contributed by atoms with Crippen LogP contribution in [0.2, 0.25) is 0 Å². The second-order valence-electron chi connectivity index (χ2n) is 4.97. The van der Waals surface area contributed by atoms with Crippen molar-refractivity contribution in [3.05, 3.63) is 59.2 Å². The van der Waals surface area contributed by atoms with Crippen LogP contribution in [0.4, 0.5) is 18.3 Å². The third-order valence-corrected chi connectivity index (χ3v) is 4.25. The average molecular weight is 336 g/mol. The van der Waals surface area contributed by atoms with E-state index in [-0.39, 0.29) is 5.56 Å². The van der Waals surface area contributed by atoms with Gasteiger partial charge in [-0.1, -0.05) is 23.5 Å². The Hall–Kier alpha value is -2.41. The number of nitrogens with one attached hydrogen (secondary N) is 1. The number of carbonyl (C=O) groups is 1. The molecule has 0 saturated heterocycles. The fourth-order valence-corrected chi connectivity index (χ4v) is 3.06. The summed E-state index contributed by atoms with van der Waals surface area (Å²) in [6, 6.07) is 9.79. The number of benzene rings is 2. The molecule has 0 aliphatic carbocycles. The lowest BCUT2D eigenvalue weighted by Gasteiger charge is -2.07. The molecule has 118 valence electrons. The maximum atomic E-state index is 12.5. The predicted octanol–water partition coefficient (Wildman–Crippen LogP) is 4.88. The zero-order chi connectivity index (χ0) is 16.6. The van der Waals surface area contributed by atoms with Crippen LogP contribution in [0.5, 0.6) is 0 Å². The Morgan fingerprint density at radius 1 is 1.13 bits per heavy atom. The zero-order valence-electron chi connectivity index (χ0n) is 11.9. The van der Waals surface area contributed by atoms with Crippen molar-refractivity contribution in [2.45, 2.75) is 13.1 Å². The summed E-state index contributed by atoms with van der Waals surface area (Å²) in [5.74, 6) is -0.490. The molecule has 3 nitrogen and oxygen atoms in total. The highest BCUT2D eigenvalue weighted by Gasteiger charge is 2.30. The first-order valence-corrected chi connectivity index (χ1v) is 7.51. The molecule has 3 rings (SSSR count). The minimum atomic E-state index is -4.42. The van der Waals surface area contributed by atoms with Crippen LogP contribution < -0.4 is 5.32 Å². The topological polar surface area (TPSA) is 42.0 Å². The van der Waals surface area contributed by atoms with Crippen molar-refractivity contribution in [2.75, 3.05) is 5.32 Å². The van der Waals surface area contributed by atoms with Crippen LogP contribution in [0.1, 0.15) is 21.5 Å². The number of aromatic nitrogens is 1. The standard InChI is InChI=1S/C16H11F3N2OS/c1-9-3-2-4-12-13(9)20-15(23-12)21-14(22)10-5-7-11(8-6-10)16(17,18)19/h2-8H,1H3,(H,20,21,22). The number of para-hydroxylation sites is 1. The Morgan fingerprint density at radius 2 is 1.83 bits per heavy atom. The minimum Gasteiger partial charge on any atom is -0.298 e. The molecule has 1 N–H and O–H groups in total. The third-order valence-electron chi connectivity index (χ3n) is 3.32. The predicted molar refractivity (Wildman–Crippen MR) is 83.8 cm³/mol. The minimum absolute atomic E-state index is 0.147. The van der Waals surface area contributed by atoms with Gasteiger partial charge in [0, 0.05) is 5.56 Å². The van der Waals surface area contributed by atoms with Gasteiger partial charge < -0.3 is 0 Å². The molecule has 0 atom stereocenters. The molecule has 0 fully saturated rings. The Morgan fingerprint density at radius 3 is 2.43 bits per heavy atom. The summed E-state index contributed by atoms with van der Waals surface area (Å²) < 4.78 is 38.5. The highest BCUT2D eigenvalue weighted by atomic mass is 32.1. The van der Waals surface area contributed by atoms with E-state index in [1.54, 1.807) is 0 Å². The lowest BCUT2D eigenvalue weighted by atomic mass is 10.1. The first-order chi connectivity index (χ1) is 10.8. The normalized spacial score (nSPS) is 11.7. The van der Waals surface area contributed by atoms with Crippen LogP contribution in [0.3, 0.4) is 0 Å². The summed E-state index contributed by atoms with van der Waals surface area (Å²) in [5, 5.41) is 3.04. The second-order valence-corrected chi connectivity index (χ2v) is 6.00. The first-order valence-electron chi connectivity index (χ1n) is 6.69. The number of hydrogen-bond donors (Lipinski definition) is 1. The van der Waals surface area contributed by atoms with E-state index in [2.05, 4.69) is 10.3 Å². The smallest absolute Gasteiger partial charge is 0.298 e. The molecule has 0 saturated carbocycles. The zero-order valence-corrected chi connectivity index (χ0v) is 12.8. The van der Waals surface area contributed by atoms with Gasteiger partial charge in [0.05, 0.1) is 15.8 Å². The van der Waals surface area contributed by atoms with Crippen LogP contribution >= 0.6 is 11.3 Å². The summed E-state index contributed by atoms with van der Waals surface area (Å²) >= 11 is 1.32. The number of amides is 1. The van der Waals surface area contributed by atoms with Gasteiger partial charge in [-0.05, 0) is 42.8 Å². The SMILES string of the molecule is Cc1cccc2sc(NC(=O)c3ccc(C(F)(F)F)cc3)nc12. The fourth-order valence-electron chi connectivity index (χ4n) is 2.12. The summed E-state index contributed by atoms with van der Waals surface area (Å²) in [7, 11) is 0. The van der Waals surface area contributed by atoms with E-state index in [0.717, 1.165) is 40.0 Å². The Balaban J connectivity index is 1.81. The maximum Gasteiger partial charge on any atom is 0.416 e. The molecule has 7 heteroatoms. The van der Waals surface area contributed by atoms with Gasteiger partial charge in [-0.2, -0.15) is 13.2 Å². The van der Waals surface area contributed by atoms with E-state index in [0.29, 0.717) is 5.13 Å². The van der Waals surface area contributed by atoms with E-state index in [1.165, 1.54) is 11.3 Å². The van der Waals surface area contributed by atoms with E-state index in [1.807, 2.05) is 25.1 Å². The van der Waals surface area contributed by atoms with Crippen molar-refractivity contribution in [3.63, 3.8) is 0 Å². The van der Waals surface area contributed by atoms with Gasteiger partial charge >= 0.3 is 6.18 Å². The number of thiazole rings is 1. The molecule has 1 heterocycles. The number of fused-ring (bicyclic) bond motifs is 1. The molecule has 0 unspecified atom stereocenters. The van der Waals surface area contributed by atoms with Gasteiger partial charge in [-0.25, -0.2) is 4.98 Å². The maximum absolute atomic E-state index is 12.5. The van der Waals surface area contributed by atoms with Crippen LogP contribution in [0, 0.1) is 6.92 Å². The van der Waals surface area contributed by atoms with Crippen molar-refractivity contribution in [1.82, 2.24) is 4.98 Å². The van der Waals surface area contributed by atoms with Crippen LogP contribution in [0.25, 0.3) is 10.2 Å². The largest absolute Gasteiger partial charge is 0.416 e. The molecule has 1 aromatic heterocycles. The van der Waals surface area contributed by atoms with Crippen molar-refractivity contribution in [2.24, 2.45) is 0 Å². The monoisotopic (exact) mass is 336 g/mol. The number of anilines is 1. The molecule has 0 aliphatic rings. The Bertz CT molecular complexity index is 869. The van der Waals surface area contributed by atoms with Gasteiger partial charge in [-0.3, -0.25) is 10.1 Å². The van der Waals surface area contributed by atoms with Crippen molar-refractivity contribution in [1.29, 1.82) is 0 Å². The van der Waals surface area contributed by atoms with Crippen molar-refractivity contribution < 1.29 is 18.0 Å². The molecule has 0 radical (unpaired) electrons. The quantitative estimate of drug-likeness (QED) is 0.725. The van der Waals surface area contributed by atoms with Gasteiger partial charge in [0.2, 0.25) is 0 Å².